The predicted molar refractivity (Wildman–Crippen MR) is 56.4 cm³/mol. The van der Waals surface area contributed by atoms with Crippen molar-refractivity contribution in [2.24, 2.45) is 11.8 Å². The number of piperidine rings is 1. The summed E-state index contributed by atoms with van der Waals surface area (Å²) in [6, 6.07) is 0. The molecule has 0 aliphatic carbocycles. The number of carboxylic acid groups (broad SMARTS) is 1. The van der Waals surface area contributed by atoms with Crippen LogP contribution in [0.4, 0.5) is 0 Å². The summed E-state index contributed by atoms with van der Waals surface area (Å²) in [5.41, 5.74) is 0. The Hall–Kier alpha value is -1.06. The van der Waals surface area contributed by atoms with E-state index in [-0.39, 0.29) is 11.8 Å². The fourth-order valence-electron chi connectivity index (χ4n) is 2.15. The minimum absolute atomic E-state index is 0.0304. The molecule has 0 aromatic rings. The van der Waals surface area contributed by atoms with E-state index in [0.717, 1.165) is 32.1 Å². The Morgan fingerprint density at radius 3 is 2.87 bits per heavy atom. The summed E-state index contributed by atoms with van der Waals surface area (Å²) in [4.78, 5) is 22.3. The number of carboxylic acids is 1. The van der Waals surface area contributed by atoms with Crippen LogP contribution in [0.3, 0.4) is 0 Å². The van der Waals surface area contributed by atoms with Crippen LogP contribution in [-0.2, 0) is 9.59 Å². The van der Waals surface area contributed by atoms with Gasteiger partial charge < -0.3 is 10.4 Å². The van der Waals surface area contributed by atoms with Crippen LogP contribution in [0.1, 0.15) is 39.0 Å². The Labute approximate surface area is 90.0 Å². The third kappa shape index (κ3) is 3.22. The van der Waals surface area contributed by atoms with Gasteiger partial charge in [0.2, 0.25) is 5.91 Å². The predicted octanol–water partition coefficient (Wildman–Crippen LogP) is 1.40. The van der Waals surface area contributed by atoms with Crippen LogP contribution >= 0.6 is 0 Å². The minimum atomic E-state index is -0.978. The molecule has 1 heterocycles. The molecule has 0 aromatic carbocycles. The van der Waals surface area contributed by atoms with Crippen LogP contribution < -0.4 is 5.32 Å². The van der Waals surface area contributed by atoms with Crippen molar-refractivity contribution in [2.75, 3.05) is 6.54 Å². The summed E-state index contributed by atoms with van der Waals surface area (Å²) in [7, 11) is 0. The van der Waals surface area contributed by atoms with Crippen LogP contribution in [0.5, 0.6) is 0 Å². The molecule has 1 amide bonds. The van der Waals surface area contributed by atoms with Gasteiger partial charge in [-0.2, -0.15) is 0 Å². The van der Waals surface area contributed by atoms with Crippen LogP contribution in [-0.4, -0.2) is 23.5 Å². The fourth-order valence-corrected chi connectivity index (χ4v) is 2.15. The number of carbonyl (C=O) groups excluding carboxylic acids is 1. The molecule has 4 heteroatoms. The Morgan fingerprint density at radius 1 is 1.53 bits per heavy atom. The normalized spacial score (nSPS) is 26.1. The van der Waals surface area contributed by atoms with Gasteiger partial charge in [0, 0.05) is 6.54 Å². The molecular formula is C11H19NO3. The summed E-state index contributed by atoms with van der Waals surface area (Å²) in [5, 5.41) is 11.6. The van der Waals surface area contributed by atoms with E-state index < -0.39 is 11.9 Å². The lowest BCUT2D eigenvalue weighted by Crippen LogP contribution is -2.45. The third-order valence-electron chi connectivity index (χ3n) is 3.01. The first-order valence-corrected chi connectivity index (χ1v) is 5.67. The number of unbranched alkanes of at least 4 members (excludes halogenated alkanes) is 2. The molecule has 0 saturated carbocycles. The smallest absolute Gasteiger partial charge is 0.316 e. The summed E-state index contributed by atoms with van der Waals surface area (Å²) < 4.78 is 0. The van der Waals surface area contributed by atoms with Crippen molar-refractivity contribution in [3.05, 3.63) is 0 Å². The van der Waals surface area contributed by atoms with Gasteiger partial charge >= 0.3 is 5.97 Å². The number of aliphatic carboxylic acids is 1. The summed E-state index contributed by atoms with van der Waals surface area (Å²) in [6.07, 6.45) is 4.92. The Balaban J connectivity index is 2.51. The summed E-state index contributed by atoms with van der Waals surface area (Å²) in [6.45, 7) is 2.74. The van der Waals surface area contributed by atoms with E-state index in [1.54, 1.807) is 0 Å². The maximum absolute atomic E-state index is 11.4. The highest BCUT2D eigenvalue weighted by Gasteiger charge is 2.36. The minimum Gasteiger partial charge on any atom is -0.481 e. The summed E-state index contributed by atoms with van der Waals surface area (Å²) in [5.74, 6) is -2.08. The van der Waals surface area contributed by atoms with Gasteiger partial charge in [-0.1, -0.05) is 26.2 Å². The van der Waals surface area contributed by atoms with E-state index in [2.05, 4.69) is 12.2 Å². The molecule has 1 saturated heterocycles. The molecular weight excluding hydrogens is 194 g/mol. The van der Waals surface area contributed by atoms with E-state index >= 15 is 0 Å². The van der Waals surface area contributed by atoms with Gasteiger partial charge in [0.15, 0.2) is 0 Å². The Bertz CT molecular complexity index is 240. The highest BCUT2D eigenvalue weighted by atomic mass is 16.4. The Morgan fingerprint density at radius 2 is 2.27 bits per heavy atom. The molecule has 0 radical (unpaired) electrons. The number of carbonyl (C=O) groups is 2. The summed E-state index contributed by atoms with van der Waals surface area (Å²) >= 11 is 0. The van der Waals surface area contributed by atoms with Gasteiger partial charge in [-0.05, 0) is 18.8 Å². The molecule has 2 N–H and O–H groups in total. The number of hydrogen-bond acceptors (Lipinski definition) is 2. The van der Waals surface area contributed by atoms with E-state index in [9.17, 15) is 9.59 Å². The molecule has 4 nitrogen and oxygen atoms in total. The molecule has 2 atom stereocenters. The van der Waals surface area contributed by atoms with Crippen LogP contribution in [0, 0.1) is 11.8 Å². The zero-order valence-corrected chi connectivity index (χ0v) is 9.16. The van der Waals surface area contributed by atoms with Gasteiger partial charge in [-0.3, -0.25) is 9.59 Å². The fraction of sp³-hybridized carbons (Fsp3) is 0.818. The van der Waals surface area contributed by atoms with Gasteiger partial charge in [0.05, 0.1) is 0 Å². The average Bonchev–Trinajstić information content (AvgIpc) is 2.17. The molecule has 1 aliphatic heterocycles. The number of amides is 1. The van der Waals surface area contributed by atoms with E-state index in [4.69, 9.17) is 5.11 Å². The number of hydrogen-bond donors (Lipinski definition) is 2. The van der Waals surface area contributed by atoms with Crippen molar-refractivity contribution in [3.63, 3.8) is 0 Å². The highest BCUT2D eigenvalue weighted by molar-refractivity contribution is 5.97. The first-order valence-electron chi connectivity index (χ1n) is 5.67. The van der Waals surface area contributed by atoms with E-state index in [1.807, 2.05) is 0 Å². The third-order valence-corrected chi connectivity index (χ3v) is 3.01. The second-order valence-electron chi connectivity index (χ2n) is 4.15. The monoisotopic (exact) mass is 213 g/mol. The molecule has 1 aliphatic rings. The molecule has 1 fully saturated rings. The topological polar surface area (TPSA) is 66.4 Å². The van der Waals surface area contributed by atoms with Crippen molar-refractivity contribution >= 4 is 11.9 Å². The molecule has 2 unspecified atom stereocenters. The lowest BCUT2D eigenvalue weighted by Gasteiger charge is -2.28. The van der Waals surface area contributed by atoms with E-state index in [1.165, 1.54) is 0 Å². The molecule has 86 valence electrons. The number of rotatable bonds is 5. The largest absolute Gasteiger partial charge is 0.481 e. The Kier molecular flexibility index (Phi) is 4.59. The first kappa shape index (κ1) is 12.0. The van der Waals surface area contributed by atoms with Crippen molar-refractivity contribution in [3.8, 4) is 0 Å². The van der Waals surface area contributed by atoms with Crippen molar-refractivity contribution in [1.82, 2.24) is 5.32 Å². The lowest BCUT2D eigenvalue weighted by atomic mass is 9.82. The SMILES string of the molecule is CCCCCC1CCNC(=O)C1C(=O)O. The van der Waals surface area contributed by atoms with Crippen LogP contribution in [0.15, 0.2) is 0 Å². The average molecular weight is 213 g/mol. The highest BCUT2D eigenvalue weighted by Crippen LogP contribution is 2.26. The molecule has 0 bridgehead atoms. The van der Waals surface area contributed by atoms with Crippen molar-refractivity contribution < 1.29 is 14.7 Å². The maximum Gasteiger partial charge on any atom is 0.316 e. The number of nitrogens with one attached hydrogen (secondary N) is 1. The molecule has 1 rings (SSSR count). The maximum atomic E-state index is 11.4. The second-order valence-corrected chi connectivity index (χ2v) is 4.15. The standard InChI is InChI=1S/C11H19NO3/c1-2-3-4-5-8-6-7-12-10(13)9(8)11(14)15/h8-9H,2-7H2,1H3,(H,12,13)(H,14,15). The van der Waals surface area contributed by atoms with Gasteiger partial charge in [0.25, 0.3) is 0 Å². The first-order chi connectivity index (χ1) is 7.16. The van der Waals surface area contributed by atoms with Gasteiger partial charge in [-0.25, -0.2) is 0 Å². The van der Waals surface area contributed by atoms with Crippen LogP contribution in [0.2, 0.25) is 0 Å². The lowest BCUT2D eigenvalue weighted by molar-refractivity contribution is -0.151. The second kappa shape index (κ2) is 5.73. The van der Waals surface area contributed by atoms with Crippen molar-refractivity contribution in [2.45, 2.75) is 39.0 Å². The van der Waals surface area contributed by atoms with Crippen molar-refractivity contribution in [1.29, 1.82) is 0 Å². The van der Waals surface area contributed by atoms with Crippen LogP contribution in [0.25, 0.3) is 0 Å². The van der Waals surface area contributed by atoms with Gasteiger partial charge in [-0.15, -0.1) is 0 Å². The zero-order chi connectivity index (χ0) is 11.3. The van der Waals surface area contributed by atoms with Gasteiger partial charge in [0.1, 0.15) is 5.92 Å². The molecule has 0 spiro atoms. The molecule has 15 heavy (non-hydrogen) atoms. The molecule has 0 aromatic heterocycles. The van der Waals surface area contributed by atoms with E-state index in [0.29, 0.717) is 6.54 Å². The quantitative estimate of drug-likeness (QED) is 0.536. The zero-order valence-electron chi connectivity index (χ0n) is 9.16.